The fourth-order valence-electron chi connectivity index (χ4n) is 2.36. The summed E-state index contributed by atoms with van der Waals surface area (Å²) in [7, 11) is 1.27. The van der Waals surface area contributed by atoms with E-state index in [2.05, 4.69) is 20.3 Å². The highest BCUT2D eigenvalue weighted by Crippen LogP contribution is 2.21. The van der Waals surface area contributed by atoms with Crippen LogP contribution in [-0.4, -0.2) is 29.2 Å². The van der Waals surface area contributed by atoms with Crippen molar-refractivity contribution >= 4 is 28.5 Å². The molecule has 0 bridgehead atoms. The lowest BCUT2D eigenvalue weighted by molar-refractivity contribution is -0.115. The molecule has 0 aliphatic carbocycles. The Morgan fingerprint density at radius 3 is 2.79 bits per heavy atom. The van der Waals surface area contributed by atoms with E-state index in [9.17, 15) is 14.0 Å². The fourth-order valence-corrected chi connectivity index (χ4v) is 2.36. The molecule has 0 aliphatic rings. The van der Waals surface area contributed by atoms with Gasteiger partial charge in [-0.1, -0.05) is 18.2 Å². The zero-order chi connectivity index (χ0) is 17.1. The molecule has 0 fully saturated rings. The standard InChI is InChI=1S/C17H14FN3O3/c1-24-17(23)16-12-9-11(6-7-14(12)20-21-16)19-15(22)8-10-4-2-3-5-13(10)18/h2-7,9H,8H2,1H3,(H,19,22)(H,20,21). The summed E-state index contributed by atoms with van der Waals surface area (Å²) >= 11 is 0. The zero-order valence-corrected chi connectivity index (χ0v) is 12.8. The molecule has 0 saturated carbocycles. The van der Waals surface area contributed by atoms with Gasteiger partial charge in [0.2, 0.25) is 5.91 Å². The van der Waals surface area contributed by atoms with Crippen molar-refractivity contribution in [3.8, 4) is 0 Å². The number of benzene rings is 2. The minimum absolute atomic E-state index is 0.0834. The van der Waals surface area contributed by atoms with Crippen molar-refractivity contribution in [2.75, 3.05) is 12.4 Å². The Morgan fingerprint density at radius 1 is 1.25 bits per heavy atom. The molecule has 0 saturated heterocycles. The number of carbonyl (C=O) groups is 2. The smallest absolute Gasteiger partial charge is 0.359 e. The molecule has 1 heterocycles. The molecule has 2 aromatic carbocycles. The minimum Gasteiger partial charge on any atom is -0.464 e. The van der Waals surface area contributed by atoms with Gasteiger partial charge in [0.05, 0.1) is 19.0 Å². The van der Waals surface area contributed by atoms with Crippen LogP contribution in [0, 0.1) is 5.82 Å². The summed E-state index contributed by atoms with van der Waals surface area (Å²) < 4.78 is 18.3. The molecule has 2 N–H and O–H groups in total. The van der Waals surface area contributed by atoms with E-state index in [0.717, 1.165) is 0 Å². The molecule has 0 aliphatic heterocycles. The van der Waals surface area contributed by atoms with Crippen molar-refractivity contribution < 1.29 is 18.7 Å². The second kappa shape index (κ2) is 6.49. The van der Waals surface area contributed by atoms with Crippen LogP contribution in [0.25, 0.3) is 10.9 Å². The van der Waals surface area contributed by atoms with Crippen LogP contribution in [0.5, 0.6) is 0 Å². The maximum Gasteiger partial charge on any atom is 0.359 e. The quantitative estimate of drug-likeness (QED) is 0.722. The zero-order valence-electron chi connectivity index (χ0n) is 12.8. The average Bonchev–Trinajstić information content (AvgIpc) is 2.99. The highest BCUT2D eigenvalue weighted by Gasteiger charge is 2.15. The molecule has 6 nitrogen and oxygen atoms in total. The maximum absolute atomic E-state index is 13.6. The number of rotatable bonds is 4. The van der Waals surface area contributed by atoms with Gasteiger partial charge in [-0.2, -0.15) is 5.10 Å². The van der Waals surface area contributed by atoms with Crippen LogP contribution in [0.4, 0.5) is 10.1 Å². The molecule has 3 rings (SSSR count). The molecular weight excluding hydrogens is 313 g/mol. The highest BCUT2D eigenvalue weighted by molar-refractivity contribution is 6.04. The average molecular weight is 327 g/mol. The van der Waals surface area contributed by atoms with Gasteiger partial charge in [0, 0.05) is 11.1 Å². The van der Waals surface area contributed by atoms with Gasteiger partial charge in [0.15, 0.2) is 5.69 Å². The van der Waals surface area contributed by atoms with Crippen molar-refractivity contribution in [1.29, 1.82) is 0 Å². The van der Waals surface area contributed by atoms with Crippen molar-refractivity contribution in [3.63, 3.8) is 0 Å². The van der Waals surface area contributed by atoms with Gasteiger partial charge in [-0.25, -0.2) is 9.18 Å². The molecule has 1 amide bonds. The third-order valence-corrected chi connectivity index (χ3v) is 3.53. The Labute approximate surface area is 136 Å². The number of esters is 1. The van der Waals surface area contributed by atoms with Crippen LogP contribution >= 0.6 is 0 Å². The number of aromatic amines is 1. The van der Waals surface area contributed by atoms with E-state index >= 15 is 0 Å². The molecule has 0 radical (unpaired) electrons. The van der Waals surface area contributed by atoms with E-state index in [1.54, 1.807) is 36.4 Å². The van der Waals surface area contributed by atoms with Gasteiger partial charge in [-0.05, 0) is 29.8 Å². The lowest BCUT2D eigenvalue weighted by Crippen LogP contribution is -2.15. The number of carbonyl (C=O) groups excluding carboxylic acids is 2. The molecule has 122 valence electrons. The number of ether oxygens (including phenoxy) is 1. The number of nitrogens with zero attached hydrogens (tertiary/aromatic N) is 1. The van der Waals surface area contributed by atoms with Gasteiger partial charge >= 0.3 is 5.97 Å². The molecule has 0 atom stereocenters. The van der Waals surface area contributed by atoms with Gasteiger partial charge in [-0.15, -0.1) is 0 Å². The number of halogens is 1. The first-order chi connectivity index (χ1) is 11.6. The summed E-state index contributed by atoms with van der Waals surface area (Å²) in [6, 6.07) is 11.1. The summed E-state index contributed by atoms with van der Waals surface area (Å²) in [6.45, 7) is 0. The van der Waals surface area contributed by atoms with Crippen molar-refractivity contribution in [1.82, 2.24) is 10.2 Å². The number of methoxy groups -OCH3 is 1. The molecule has 7 heteroatoms. The number of fused-ring (bicyclic) bond motifs is 1. The number of hydrogen-bond acceptors (Lipinski definition) is 4. The van der Waals surface area contributed by atoms with E-state index in [1.807, 2.05) is 0 Å². The molecular formula is C17H14FN3O3. The second-order valence-corrected chi connectivity index (χ2v) is 5.14. The van der Waals surface area contributed by atoms with Gasteiger partial charge in [-0.3, -0.25) is 9.89 Å². The molecule has 0 unspecified atom stereocenters. The normalized spacial score (nSPS) is 10.6. The highest BCUT2D eigenvalue weighted by atomic mass is 19.1. The molecule has 24 heavy (non-hydrogen) atoms. The summed E-state index contributed by atoms with van der Waals surface area (Å²) in [5, 5.41) is 9.84. The Bertz CT molecular complexity index is 920. The summed E-state index contributed by atoms with van der Waals surface area (Å²) in [5.41, 5.74) is 1.57. The lowest BCUT2D eigenvalue weighted by atomic mass is 10.1. The minimum atomic E-state index is -0.573. The number of nitrogens with one attached hydrogen (secondary N) is 2. The third kappa shape index (κ3) is 3.10. The number of H-pyrrole nitrogens is 1. The van der Waals surface area contributed by atoms with Gasteiger partial charge in [0.25, 0.3) is 0 Å². The maximum atomic E-state index is 13.6. The topological polar surface area (TPSA) is 84.1 Å². The monoisotopic (exact) mass is 327 g/mol. The molecule has 0 spiro atoms. The van der Waals surface area contributed by atoms with Crippen LogP contribution < -0.4 is 5.32 Å². The van der Waals surface area contributed by atoms with E-state index in [-0.39, 0.29) is 18.0 Å². The van der Waals surface area contributed by atoms with E-state index in [0.29, 0.717) is 22.2 Å². The SMILES string of the molecule is COC(=O)c1n[nH]c2ccc(NC(=O)Cc3ccccc3F)cc12. The Hall–Kier alpha value is -3.22. The van der Waals surface area contributed by atoms with E-state index < -0.39 is 11.8 Å². The predicted molar refractivity (Wildman–Crippen MR) is 86.2 cm³/mol. The largest absolute Gasteiger partial charge is 0.464 e. The van der Waals surface area contributed by atoms with Crippen LogP contribution in [0.2, 0.25) is 0 Å². The summed E-state index contributed by atoms with van der Waals surface area (Å²) in [5.74, 6) is -1.36. The number of aromatic nitrogens is 2. The van der Waals surface area contributed by atoms with Crippen LogP contribution in [0.3, 0.4) is 0 Å². The Balaban J connectivity index is 1.81. The number of hydrogen-bond donors (Lipinski definition) is 2. The Morgan fingerprint density at radius 2 is 2.04 bits per heavy atom. The van der Waals surface area contributed by atoms with Crippen molar-refractivity contribution in [2.24, 2.45) is 0 Å². The molecule has 3 aromatic rings. The van der Waals surface area contributed by atoms with Crippen molar-refractivity contribution in [3.05, 3.63) is 59.5 Å². The third-order valence-electron chi connectivity index (χ3n) is 3.53. The lowest BCUT2D eigenvalue weighted by Gasteiger charge is -2.06. The first-order valence-electron chi connectivity index (χ1n) is 7.18. The summed E-state index contributed by atoms with van der Waals surface area (Å²) in [6.07, 6.45) is -0.0834. The van der Waals surface area contributed by atoms with Crippen LogP contribution in [-0.2, 0) is 16.0 Å². The predicted octanol–water partition coefficient (Wildman–Crippen LogP) is 2.67. The van der Waals surface area contributed by atoms with Crippen molar-refractivity contribution in [2.45, 2.75) is 6.42 Å². The number of anilines is 1. The number of amides is 1. The first kappa shape index (κ1) is 15.7. The molecule has 1 aromatic heterocycles. The second-order valence-electron chi connectivity index (χ2n) is 5.14. The summed E-state index contributed by atoms with van der Waals surface area (Å²) in [4.78, 5) is 23.8. The van der Waals surface area contributed by atoms with Crippen LogP contribution in [0.1, 0.15) is 16.1 Å². The fraction of sp³-hybridized carbons (Fsp3) is 0.118. The van der Waals surface area contributed by atoms with E-state index in [1.165, 1.54) is 13.2 Å². The first-order valence-corrected chi connectivity index (χ1v) is 7.18. The van der Waals surface area contributed by atoms with Gasteiger partial charge in [0.1, 0.15) is 5.82 Å². The Kier molecular flexibility index (Phi) is 4.24. The van der Waals surface area contributed by atoms with E-state index in [4.69, 9.17) is 0 Å². The van der Waals surface area contributed by atoms with Gasteiger partial charge < -0.3 is 10.1 Å². The van der Waals surface area contributed by atoms with Crippen LogP contribution in [0.15, 0.2) is 42.5 Å².